The van der Waals surface area contributed by atoms with Gasteiger partial charge in [0.25, 0.3) is 0 Å². The molecule has 0 bridgehead atoms. The van der Waals surface area contributed by atoms with Crippen molar-refractivity contribution in [3.63, 3.8) is 0 Å². The molecule has 0 unspecified atom stereocenters. The predicted molar refractivity (Wildman–Crippen MR) is 144 cm³/mol. The smallest absolute Gasteiger partial charge is 0.135 e. The van der Waals surface area contributed by atoms with Crippen molar-refractivity contribution in [1.29, 1.82) is 0 Å². The Balaban J connectivity index is 1.12. The highest BCUT2D eigenvalue weighted by Crippen LogP contribution is 2.28. The first-order valence-corrected chi connectivity index (χ1v) is 12.7. The van der Waals surface area contributed by atoms with Crippen LogP contribution >= 0.6 is 0 Å². The Hall–Kier alpha value is -3.74. The van der Waals surface area contributed by atoms with Gasteiger partial charge in [-0.25, -0.2) is 9.97 Å². The Morgan fingerprint density at radius 1 is 0.806 bits per heavy atom. The van der Waals surface area contributed by atoms with Crippen LogP contribution in [-0.4, -0.2) is 51.8 Å². The van der Waals surface area contributed by atoms with E-state index in [0.717, 1.165) is 55.4 Å². The molecule has 0 amide bonds. The maximum absolute atomic E-state index is 11.1. The molecule has 3 aromatic carbocycles. The molecule has 6 heteroatoms. The molecule has 182 valence electrons. The molecular weight excluding hydrogens is 446 g/mol. The van der Waals surface area contributed by atoms with E-state index in [9.17, 15) is 5.11 Å². The summed E-state index contributed by atoms with van der Waals surface area (Å²) in [5.74, 6) is 1.59. The summed E-state index contributed by atoms with van der Waals surface area (Å²) >= 11 is 0. The summed E-state index contributed by atoms with van der Waals surface area (Å²) in [5, 5.41) is 14.5. The second kappa shape index (κ2) is 10.1. The maximum Gasteiger partial charge on any atom is 0.135 e. The van der Waals surface area contributed by atoms with Crippen LogP contribution in [0, 0.1) is 0 Å². The van der Waals surface area contributed by atoms with E-state index in [-0.39, 0.29) is 6.04 Å². The number of aliphatic hydroxyl groups excluding tert-OH is 1. The molecule has 2 aliphatic rings. The van der Waals surface area contributed by atoms with Gasteiger partial charge in [0.05, 0.1) is 6.10 Å². The summed E-state index contributed by atoms with van der Waals surface area (Å²) in [5.41, 5.74) is 6.14. The van der Waals surface area contributed by atoms with Crippen LogP contribution in [0.25, 0.3) is 11.1 Å². The normalized spacial score (nSPS) is 20.1. The Labute approximate surface area is 212 Å². The Morgan fingerprint density at radius 2 is 1.61 bits per heavy atom. The molecule has 0 saturated carbocycles. The maximum atomic E-state index is 11.1. The fraction of sp³-hybridized carbons (Fsp3) is 0.267. The van der Waals surface area contributed by atoms with Crippen molar-refractivity contribution in [1.82, 2.24) is 14.9 Å². The minimum absolute atomic E-state index is 0.176. The molecule has 1 saturated heterocycles. The van der Waals surface area contributed by atoms with E-state index in [0.29, 0.717) is 6.54 Å². The highest BCUT2D eigenvalue weighted by atomic mass is 16.3. The molecule has 4 aromatic rings. The molecular formula is C30H31N5O. The summed E-state index contributed by atoms with van der Waals surface area (Å²) in [7, 11) is 0. The molecule has 2 aliphatic heterocycles. The number of piperidine rings is 1. The quantitative estimate of drug-likeness (QED) is 0.427. The Bertz CT molecular complexity index is 1330. The van der Waals surface area contributed by atoms with Gasteiger partial charge in [-0.05, 0) is 47.2 Å². The Morgan fingerprint density at radius 3 is 2.47 bits per heavy atom. The van der Waals surface area contributed by atoms with Crippen molar-refractivity contribution in [2.75, 3.05) is 29.9 Å². The molecule has 6 nitrogen and oxygen atoms in total. The second-order valence-electron chi connectivity index (χ2n) is 9.69. The average Bonchev–Trinajstić information content (AvgIpc) is 2.93. The highest BCUT2D eigenvalue weighted by Gasteiger charge is 2.34. The zero-order valence-corrected chi connectivity index (χ0v) is 20.3. The number of nitrogens with zero attached hydrogens (tertiary/aromatic N) is 4. The van der Waals surface area contributed by atoms with Crippen molar-refractivity contribution in [2.24, 2.45) is 0 Å². The van der Waals surface area contributed by atoms with E-state index in [1.54, 1.807) is 6.33 Å². The van der Waals surface area contributed by atoms with Crippen molar-refractivity contribution in [3.8, 4) is 11.1 Å². The number of aliphatic hydroxyl groups is 1. The largest absolute Gasteiger partial charge is 0.390 e. The first kappa shape index (κ1) is 22.7. The van der Waals surface area contributed by atoms with Crippen LogP contribution in [0.1, 0.15) is 17.5 Å². The molecule has 0 spiro atoms. The lowest BCUT2D eigenvalue weighted by Crippen LogP contribution is -2.55. The van der Waals surface area contributed by atoms with Crippen LogP contribution in [0.2, 0.25) is 0 Å². The van der Waals surface area contributed by atoms with Gasteiger partial charge in [0.15, 0.2) is 0 Å². The van der Waals surface area contributed by atoms with E-state index in [2.05, 4.69) is 73.6 Å². The lowest BCUT2D eigenvalue weighted by atomic mass is 9.94. The topological polar surface area (TPSA) is 64.5 Å². The second-order valence-corrected chi connectivity index (χ2v) is 9.69. The minimum atomic E-state index is -0.419. The third kappa shape index (κ3) is 4.83. The molecule has 2 N–H and O–H groups in total. The van der Waals surface area contributed by atoms with E-state index in [4.69, 9.17) is 0 Å². The van der Waals surface area contributed by atoms with Gasteiger partial charge < -0.3 is 15.3 Å². The molecule has 1 fully saturated rings. The third-order valence-corrected chi connectivity index (χ3v) is 7.39. The number of anilines is 3. The standard InChI is InChI=1S/C30H31N5O/c36-28-20-35(16-14-27(28)34-15-13-23-9-4-5-10-25(23)19-34)30-18-29(31-21-32-30)33-26-12-6-11-24(17-26)22-7-2-1-3-8-22/h1-12,17-18,21,27-28,36H,13-16,19-20H2,(H,31,32,33)/t27-,28-/m1/s1. The molecule has 0 radical (unpaired) electrons. The molecule has 0 aliphatic carbocycles. The number of rotatable bonds is 5. The van der Waals surface area contributed by atoms with E-state index in [1.165, 1.54) is 16.7 Å². The molecule has 3 heterocycles. The monoisotopic (exact) mass is 477 g/mol. The fourth-order valence-electron chi connectivity index (χ4n) is 5.50. The van der Waals surface area contributed by atoms with Gasteiger partial charge >= 0.3 is 0 Å². The van der Waals surface area contributed by atoms with Crippen molar-refractivity contribution >= 4 is 17.3 Å². The van der Waals surface area contributed by atoms with Crippen molar-refractivity contribution in [2.45, 2.75) is 31.5 Å². The van der Waals surface area contributed by atoms with Gasteiger partial charge in [-0.3, -0.25) is 4.90 Å². The molecule has 1 aromatic heterocycles. The summed E-state index contributed by atoms with van der Waals surface area (Å²) in [6, 6.07) is 29.5. The van der Waals surface area contributed by atoms with Crippen molar-refractivity contribution in [3.05, 3.63) is 102 Å². The van der Waals surface area contributed by atoms with Crippen LogP contribution in [0.15, 0.2) is 91.3 Å². The summed E-state index contributed by atoms with van der Waals surface area (Å²) in [4.78, 5) is 13.6. The SMILES string of the molecule is O[C@@H]1CN(c2cc(Nc3cccc(-c4ccccc4)c3)ncn2)CC[C@H]1N1CCc2ccccc2C1. The van der Waals surface area contributed by atoms with Crippen LogP contribution < -0.4 is 10.2 Å². The zero-order chi connectivity index (χ0) is 24.3. The lowest BCUT2D eigenvalue weighted by Gasteiger charge is -2.43. The number of fused-ring (bicyclic) bond motifs is 1. The van der Waals surface area contributed by atoms with Gasteiger partial charge in [0.1, 0.15) is 18.0 Å². The van der Waals surface area contributed by atoms with Crippen LogP contribution in [-0.2, 0) is 13.0 Å². The fourth-order valence-corrected chi connectivity index (χ4v) is 5.50. The molecule has 6 rings (SSSR count). The van der Waals surface area contributed by atoms with Gasteiger partial charge in [0, 0.05) is 44.0 Å². The number of hydrogen-bond acceptors (Lipinski definition) is 6. The van der Waals surface area contributed by atoms with E-state index < -0.39 is 6.10 Å². The van der Waals surface area contributed by atoms with E-state index >= 15 is 0 Å². The van der Waals surface area contributed by atoms with Gasteiger partial charge in [0.2, 0.25) is 0 Å². The summed E-state index contributed by atoms with van der Waals surface area (Å²) < 4.78 is 0. The van der Waals surface area contributed by atoms with Gasteiger partial charge in [-0.15, -0.1) is 0 Å². The molecule has 2 atom stereocenters. The number of β-amino-alcohol motifs (C(OH)–C–C–N with tert-alkyl or cyclic N) is 1. The predicted octanol–water partition coefficient (Wildman–Crippen LogP) is 4.89. The first-order valence-electron chi connectivity index (χ1n) is 12.7. The Kier molecular flexibility index (Phi) is 6.36. The van der Waals surface area contributed by atoms with Crippen molar-refractivity contribution < 1.29 is 5.11 Å². The highest BCUT2D eigenvalue weighted by molar-refractivity contribution is 5.70. The summed E-state index contributed by atoms with van der Waals surface area (Å²) in [6.45, 7) is 3.35. The third-order valence-electron chi connectivity index (χ3n) is 7.39. The van der Waals surface area contributed by atoms with Crippen LogP contribution in [0.5, 0.6) is 0 Å². The number of hydrogen-bond donors (Lipinski definition) is 2. The first-order chi connectivity index (χ1) is 17.7. The lowest BCUT2D eigenvalue weighted by molar-refractivity contribution is 0.0293. The van der Waals surface area contributed by atoms with Gasteiger partial charge in [-0.2, -0.15) is 0 Å². The number of aromatic nitrogens is 2. The van der Waals surface area contributed by atoms with E-state index in [1.807, 2.05) is 36.4 Å². The van der Waals surface area contributed by atoms with Crippen LogP contribution in [0.3, 0.4) is 0 Å². The van der Waals surface area contributed by atoms with Gasteiger partial charge in [-0.1, -0.05) is 66.7 Å². The van der Waals surface area contributed by atoms with Crippen LogP contribution in [0.4, 0.5) is 17.3 Å². The molecule has 36 heavy (non-hydrogen) atoms. The zero-order valence-electron chi connectivity index (χ0n) is 20.3. The average molecular weight is 478 g/mol. The number of nitrogens with one attached hydrogen (secondary N) is 1. The summed E-state index contributed by atoms with van der Waals surface area (Å²) in [6.07, 6.45) is 3.14. The number of benzene rings is 3. The minimum Gasteiger partial charge on any atom is -0.390 e.